The van der Waals surface area contributed by atoms with Gasteiger partial charge in [0.15, 0.2) is 0 Å². The summed E-state index contributed by atoms with van der Waals surface area (Å²) < 4.78 is 10.3. The van der Waals surface area contributed by atoms with Crippen LogP contribution in [0.4, 0.5) is 0 Å². The summed E-state index contributed by atoms with van der Waals surface area (Å²) in [5, 5.41) is 0. The molecule has 0 saturated carbocycles. The van der Waals surface area contributed by atoms with Crippen molar-refractivity contribution in [1.82, 2.24) is 4.90 Å². The Balaban J connectivity index is 2.69. The highest BCUT2D eigenvalue weighted by Gasteiger charge is 2.16. The Morgan fingerprint density at radius 2 is 2.17 bits per heavy atom. The molecule has 0 atom stereocenters. The van der Waals surface area contributed by atoms with Crippen molar-refractivity contribution in [2.45, 2.75) is 40.2 Å². The lowest BCUT2D eigenvalue weighted by Gasteiger charge is -2.18. The zero-order chi connectivity index (χ0) is 13.5. The van der Waals surface area contributed by atoms with Gasteiger partial charge >= 0.3 is 5.97 Å². The molecule has 4 nitrogen and oxygen atoms in total. The molecule has 0 aliphatic heterocycles. The molecular weight excluding hydrogens is 230 g/mol. The lowest BCUT2D eigenvalue weighted by Crippen LogP contribution is -2.23. The van der Waals surface area contributed by atoms with Crippen LogP contribution >= 0.6 is 0 Å². The highest BCUT2D eigenvalue weighted by atomic mass is 16.5. The van der Waals surface area contributed by atoms with E-state index in [0.29, 0.717) is 11.3 Å². The summed E-state index contributed by atoms with van der Waals surface area (Å²) in [6.45, 7) is 8.88. The maximum absolute atomic E-state index is 11.5. The number of hydrogen-bond acceptors (Lipinski definition) is 4. The summed E-state index contributed by atoms with van der Waals surface area (Å²) in [4.78, 5) is 13.8. The minimum Gasteiger partial charge on any atom is -0.465 e. The SMILES string of the molecule is CCCCN(CC)Cc1cc(C(=O)OC)c(C)o1. The molecule has 0 aliphatic carbocycles. The number of hydrogen-bond donors (Lipinski definition) is 0. The van der Waals surface area contributed by atoms with Gasteiger partial charge in [0.2, 0.25) is 0 Å². The number of aryl methyl sites for hydroxylation is 1. The van der Waals surface area contributed by atoms with Gasteiger partial charge in [-0.3, -0.25) is 4.90 Å². The molecule has 0 aromatic carbocycles. The van der Waals surface area contributed by atoms with E-state index < -0.39 is 0 Å². The monoisotopic (exact) mass is 253 g/mol. The number of esters is 1. The van der Waals surface area contributed by atoms with Gasteiger partial charge in [0.05, 0.1) is 13.7 Å². The number of nitrogens with zero attached hydrogens (tertiary/aromatic N) is 1. The minimum absolute atomic E-state index is 0.334. The van der Waals surface area contributed by atoms with Gasteiger partial charge < -0.3 is 9.15 Å². The van der Waals surface area contributed by atoms with Crippen molar-refractivity contribution in [3.05, 3.63) is 23.2 Å². The largest absolute Gasteiger partial charge is 0.465 e. The highest BCUT2D eigenvalue weighted by Crippen LogP contribution is 2.17. The molecule has 4 heteroatoms. The Morgan fingerprint density at radius 1 is 1.44 bits per heavy atom. The predicted molar refractivity (Wildman–Crippen MR) is 70.6 cm³/mol. The first-order chi connectivity index (χ1) is 8.62. The summed E-state index contributed by atoms with van der Waals surface area (Å²) in [7, 11) is 1.38. The fourth-order valence-corrected chi connectivity index (χ4v) is 1.89. The topological polar surface area (TPSA) is 42.7 Å². The van der Waals surface area contributed by atoms with Gasteiger partial charge in [0, 0.05) is 0 Å². The van der Waals surface area contributed by atoms with Crippen LogP contribution in [0.15, 0.2) is 10.5 Å². The van der Waals surface area contributed by atoms with Gasteiger partial charge in [0.1, 0.15) is 17.1 Å². The smallest absolute Gasteiger partial charge is 0.341 e. The second kappa shape index (κ2) is 7.21. The van der Waals surface area contributed by atoms with Crippen LogP contribution in [-0.2, 0) is 11.3 Å². The van der Waals surface area contributed by atoms with Crippen LogP contribution in [0, 0.1) is 6.92 Å². The minimum atomic E-state index is -0.334. The molecule has 0 N–H and O–H groups in total. The Labute approximate surface area is 109 Å². The van der Waals surface area contributed by atoms with E-state index in [-0.39, 0.29) is 5.97 Å². The quantitative estimate of drug-likeness (QED) is 0.701. The Morgan fingerprint density at radius 3 is 2.72 bits per heavy atom. The van der Waals surface area contributed by atoms with E-state index in [1.165, 1.54) is 20.0 Å². The van der Waals surface area contributed by atoms with Gasteiger partial charge in [-0.25, -0.2) is 4.79 Å². The summed E-state index contributed by atoms with van der Waals surface area (Å²) in [5.41, 5.74) is 0.527. The molecule has 0 aliphatic rings. The molecule has 1 aromatic heterocycles. The van der Waals surface area contributed by atoms with Crippen molar-refractivity contribution in [3.63, 3.8) is 0 Å². The third kappa shape index (κ3) is 3.88. The molecule has 0 saturated heterocycles. The first-order valence-corrected chi connectivity index (χ1v) is 6.52. The van der Waals surface area contributed by atoms with Crippen LogP contribution in [-0.4, -0.2) is 31.1 Å². The van der Waals surface area contributed by atoms with Crippen molar-refractivity contribution < 1.29 is 13.9 Å². The van der Waals surface area contributed by atoms with Crippen molar-refractivity contribution >= 4 is 5.97 Å². The van der Waals surface area contributed by atoms with Crippen LogP contribution in [0.5, 0.6) is 0 Å². The molecule has 0 amide bonds. The van der Waals surface area contributed by atoms with Gasteiger partial charge in [-0.2, -0.15) is 0 Å². The van der Waals surface area contributed by atoms with E-state index in [1.807, 2.05) is 0 Å². The first kappa shape index (κ1) is 14.8. The maximum Gasteiger partial charge on any atom is 0.341 e. The maximum atomic E-state index is 11.5. The Hall–Kier alpha value is -1.29. The lowest BCUT2D eigenvalue weighted by atomic mass is 10.2. The zero-order valence-corrected chi connectivity index (χ0v) is 11.8. The Bertz CT molecular complexity index is 384. The van der Waals surface area contributed by atoms with Gasteiger partial charge in [-0.05, 0) is 32.5 Å². The molecule has 0 radical (unpaired) electrons. The summed E-state index contributed by atoms with van der Waals surface area (Å²) in [6, 6.07) is 1.79. The van der Waals surface area contributed by atoms with E-state index in [2.05, 4.69) is 18.7 Å². The van der Waals surface area contributed by atoms with Gasteiger partial charge in [-0.1, -0.05) is 20.3 Å². The van der Waals surface area contributed by atoms with Crippen molar-refractivity contribution in [2.75, 3.05) is 20.2 Å². The number of methoxy groups -OCH3 is 1. The van der Waals surface area contributed by atoms with Crippen molar-refractivity contribution in [1.29, 1.82) is 0 Å². The number of furan rings is 1. The van der Waals surface area contributed by atoms with E-state index in [9.17, 15) is 4.79 Å². The first-order valence-electron chi connectivity index (χ1n) is 6.52. The number of ether oxygens (including phenoxy) is 1. The molecule has 0 spiro atoms. The summed E-state index contributed by atoms with van der Waals surface area (Å²) in [6.07, 6.45) is 2.36. The normalized spacial score (nSPS) is 10.9. The third-order valence-electron chi connectivity index (χ3n) is 3.03. The van der Waals surface area contributed by atoms with Crippen molar-refractivity contribution in [3.8, 4) is 0 Å². The van der Waals surface area contributed by atoms with E-state index in [0.717, 1.165) is 25.4 Å². The molecule has 1 heterocycles. The molecule has 1 aromatic rings. The second-order valence-electron chi connectivity index (χ2n) is 4.40. The molecule has 102 valence electrons. The molecule has 0 unspecified atom stereocenters. The number of carbonyl (C=O) groups is 1. The third-order valence-corrected chi connectivity index (χ3v) is 3.03. The zero-order valence-electron chi connectivity index (χ0n) is 11.8. The Kier molecular flexibility index (Phi) is 5.92. The standard InChI is InChI=1S/C14H23NO3/c1-5-7-8-15(6-2)10-12-9-13(11(3)18-12)14(16)17-4/h9H,5-8,10H2,1-4H3. The fourth-order valence-electron chi connectivity index (χ4n) is 1.89. The summed E-state index contributed by atoms with van der Waals surface area (Å²) >= 11 is 0. The summed E-state index contributed by atoms with van der Waals surface area (Å²) in [5.74, 6) is 1.12. The van der Waals surface area contributed by atoms with Crippen LogP contribution < -0.4 is 0 Å². The van der Waals surface area contributed by atoms with Crippen LogP contribution in [0.3, 0.4) is 0 Å². The van der Waals surface area contributed by atoms with E-state index in [4.69, 9.17) is 9.15 Å². The fraction of sp³-hybridized carbons (Fsp3) is 0.643. The highest BCUT2D eigenvalue weighted by molar-refractivity contribution is 5.90. The molecular formula is C14H23NO3. The predicted octanol–water partition coefficient (Wildman–Crippen LogP) is 3.00. The second-order valence-corrected chi connectivity index (χ2v) is 4.40. The average molecular weight is 253 g/mol. The molecule has 0 bridgehead atoms. The molecule has 18 heavy (non-hydrogen) atoms. The van der Waals surface area contributed by atoms with E-state index in [1.54, 1.807) is 13.0 Å². The van der Waals surface area contributed by atoms with Gasteiger partial charge in [-0.15, -0.1) is 0 Å². The number of unbranched alkanes of at least 4 members (excludes halogenated alkanes) is 1. The number of rotatable bonds is 7. The molecule has 0 fully saturated rings. The van der Waals surface area contributed by atoms with Crippen LogP contribution in [0.2, 0.25) is 0 Å². The molecule has 1 rings (SSSR count). The number of carbonyl (C=O) groups excluding carboxylic acids is 1. The van der Waals surface area contributed by atoms with Crippen molar-refractivity contribution in [2.24, 2.45) is 0 Å². The van der Waals surface area contributed by atoms with Crippen LogP contribution in [0.25, 0.3) is 0 Å². The van der Waals surface area contributed by atoms with Crippen LogP contribution in [0.1, 0.15) is 48.6 Å². The van der Waals surface area contributed by atoms with E-state index >= 15 is 0 Å². The average Bonchev–Trinajstić information content (AvgIpc) is 2.74. The van der Waals surface area contributed by atoms with Gasteiger partial charge in [0.25, 0.3) is 0 Å². The lowest BCUT2D eigenvalue weighted by molar-refractivity contribution is 0.0599.